The lowest BCUT2D eigenvalue weighted by atomic mass is 9.76. The van der Waals surface area contributed by atoms with Crippen molar-refractivity contribution >= 4 is 9.84 Å². The van der Waals surface area contributed by atoms with Crippen LogP contribution in [-0.4, -0.2) is 57.0 Å². The molecular formula is C16H32N2O2S. The topological polar surface area (TPSA) is 49.4 Å². The van der Waals surface area contributed by atoms with Crippen LogP contribution in [0.5, 0.6) is 0 Å². The fourth-order valence-corrected chi connectivity index (χ4v) is 5.84. The van der Waals surface area contributed by atoms with E-state index in [1.165, 1.54) is 32.1 Å². The van der Waals surface area contributed by atoms with Crippen molar-refractivity contribution in [3.8, 4) is 0 Å². The molecule has 1 aliphatic heterocycles. The highest BCUT2D eigenvalue weighted by Crippen LogP contribution is 2.33. The van der Waals surface area contributed by atoms with Gasteiger partial charge in [-0.1, -0.05) is 19.8 Å². The van der Waals surface area contributed by atoms with Gasteiger partial charge in [-0.3, -0.25) is 4.90 Å². The highest BCUT2D eigenvalue weighted by Gasteiger charge is 2.34. The standard InChI is InChI=1S/C16H32N2O2S/c1-4-5-14-6-7-16(17-3)15(10-14)11-18-8-9-21(19,20)12-13(18)2/h13-17H,4-12H2,1-3H3. The first-order valence-electron chi connectivity index (χ1n) is 8.57. The Labute approximate surface area is 130 Å². The molecule has 4 atom stereocenters. The van der Waals surface area contributed by atoms with Crippen LogP contribution in [0.25, 0.3) is 0 Å². The zero-order valence-electron chi connectivity index (χ0n) is 13.8. The van der Waals surface area contributed by atoms with Crippen LogP contribution in [0.1, 0.15) is 46.0 Å². The summed E-state index contributed by atoms with van der Waals surface area (Å²) in [6, 6.07) is 0.775. The minimum absolute atomic E-state index is 0.174. The minimum atomic E-state index is -2.80. The van der Waals surface area contributed by atoms with Gasteiger partial charge < -0.3 is 5.32 Å². The number of rotatable bonds is 5. The van der Waals surface area contributed by atoms with Crippen LogP contribution in [0.3, 0.4) is 0 Å². The van der Waals surface area contributed by atoms with Crippen LogP contribution in [0.15, 0.2) is 0 Å². The van der Waals surface area contributed by atoms with Crippen LogP contribution in [0.2, 0.25) is 0 Å². The minimum Gasteiger partial charge on any atom is -0.317 e. The van der Waals surface area contributed by atoms with E-state index in [4.69, 9.17) is 0 Å². The molecule has 0 amide bonds. The molecule has 1 saturated heterocycles. The molecule has 5 heteroatoms. The van der Waals surface area contributed by atoms with E-state index in [2.05, 4.69) is 31.1 Å². The molecule has 2 aliphatic rings. The molecule has 4 unspecified atom stereocenters. The van der Waals surface area contributed by atoms with Gasteiger partial charge in [-0.15, -0.1) is 0 Å². The molecule has 124 valence electrons. The first kappa shape index (κ1) is 17.2. The first-order valence-corrected chi connectivity index (χ1v) is 10.4. The van der Waals surface area contributed by atoms with E-state index in [1.807, 2.05) is 0 Å². The molecule has 2 fully saturated rings. The van der Waals surface area contributed by atoms with Crippen molar-refractivity contribution in [2.75, 3.05) is 31.6 Å². The molecule has 0 radical (unpaired) electrons. The number of nitrogens with zero attached hydrogens (tertiary/aromatic N) is 1. The second-order valence-electron chi connectivity index (χ2n) is 7.08. The van der Waals surface area contributed by atoms with Gasteiger partial charge in [0.1, 0.15) is 0 Å². The molecule has 1 aliphatic carbocycles. The molecule has 4 nitrogen and oxygen atoms in total. The van der Waals surface area contributed by atoms with E-state index < -0.39 is 9.84 Å². The van der Waals surface area contributed by atoms with Gasteiger partial charge in [0.15, 0.2) is 9.84 Å². The van der Waals surface area contributed by atoms with E-state index in [0.29, 0.717) is 23.5 Å². The Morgan fingerprint density at radius 3 is 2.67 bits per heavy atom. The van der Waals surface area contributed by atoms with Gasteiger partial charge >= 0.3 is 0 Å². The summed E-state index contributed by atoms with van der Waals surface area (Å²) in [4.78, 5) is 2.41. The van der Waals surface area contributed by atoms with E-state index >= 15 is 0 Å². The number of nitrogens with one attached hydrogen (secondary N) is 1. The van der Waals surface area contributed by atoms with Gasteiger partial charge in [0, 0.05) is 25.2 Å². The number of hydrogen-bond donors (Lipinski definition) is 1. The van der Waals surface area contributed by atoms with Crippen molar-refractivity contribution in [2.24, 2.45) is 11.8 Å². The smallest absolute Gasteiger partial charge is 0.153 e. The Hall–Kier alpha value is -0.130. The summed E-state index contributed by atoms with van der Waals surface area (Å²) in [6.45, 7) is 6.12. The molecule has 0 aromatic carbocycles. The monoisotopic (exact) mass is 316 g/mol. The molecule has 21 heavy (non-hydrogen) atoms. The highest BCUT2D eigenvalue weighted by atomic mass is 32.2. The molecule has 1 N–H and O–H groups in total. The second-order valence-corrected chi connectivity index (χ2v) is 9.31. The molecule has 0 aromatic heterocycles. The van der Waals surface area contributed by atoms with Crippen LogP contribution in [0.4, 0.5) is 0 Å². The summed E-state index contributed by atoms with van der Waals surface area (Å²) in [7, 11) is -0.730. The van der Waals surface area contributed by atoms with Gasteiger partial charge in [-0.2, -0.15) is 0 Å². The molecule has 1 saturated carbocycles. The third kappa shape index (κ3) is 4.67. The summed E-state index contributed by atoms with van der Waals surface area (Å²) in [5, 5.41) is 3.49. The van der Waals surface area contributed by atoms with Gasteiger partial charge in [-0.05, 0) is 45.1 Å². The average molecular weight is 317 g/mol. The Morgan fingerprint density at radius 2 is 2.05 bits per heavy atom. The Balaban J connectivity index is 1.95. The lowest BCUT2D eigenvalue weighted by molar-refractivity contribution is 0.122. The lowest BCUT2D eigenvalue weighted by Gasteiger charge is -2.41. The maximum Gasteiger partial charge on any atom is 0.153 e. The summed E-state index contributed by atoms with van der Waals surface area (Å²) in [5.41, 5.74) is 0. The molecule has 0 aromatic rings. The maximum atomic E-state index is 11.7. The average Bonchev–Trinajstić information content (AvgIpc) is 2.42. The van der Waals surface area contributed by atoms with E-state index in [-0.39, 0.29) is 6.04 Å². The quantitative estimate of drug-likeness (QED) is 0.842. The fraction of sp³-hybridized carbons (Fsp3) is 1.00. The number of sulfone groups is 1. The van der Waals surface area contributed by atoms with Crippen molar-refractivity contribution in [1.82, 2.24) is 10.2 Å². The zero-order chi connectivity index (χ0) is 15.5. The lowest BCUT2D eigenvalue weighted by Crippen LogP contribution is -2.52. The number of hydrogen-bond acceptors (Lipinski definition) is 4. The van der Waals surface area contributed by atoms with Crippen LogP contribution in [0, 0.1) is 11.8 Å². The van der Waals surface area contributed by atoms with E-state index in [1.54, 1.807) is 0 Å². The van der Waals surface area contributed by atoms with Gasteiger partial charge in [-0.25, -0.2) is 8.42 Å². The van der Waals surface area contributed by atoms with Crippen molar-refractivity contribution in [3.63, 3.8) is 0 Å². The largest absolute Gasteiger partial charge is 0.317 e. The predicted octanol–water partition coefficient (Wildman–Crippen LogP) is 1.91. The van der Waals surface area contributed by atoms with E-state index in [9.17, 15) is 8.42 Å². The van der Waals surface area contributed by atoms with E-state index in [0.717, 1.165) is 19.0 Å². The third-order valence-electron chi connectivity index (χ3n) is 5.44. The summed E-state index contributed by atoms with van der Waals surface area (Å²) >= 11 is 0. The molecule has 0 spiro atoms. The van der Waals surface area contributed by atoms with Crippen LogP contribution in [-0.2, 0) is 9.84 Å². The molecule has 1 heterocycles. The van der Waals surface area contributed by atoms with Gasteiger partial charge in [0.05, 0.1) is 11.5 Å². The highest BCUT2D eigenvalue weighted by molar-refractivity contribution is 7.91. The molecule has 0 bridgehead atoms. The first-order chi connectivity index (χ1) is 9.95. The van der Waals surface area contributed by atoms with Crippen molar-refractivity contribution in [3.05, 3.63) is 0 Å². The van der Waals surface area contributed by atoms with Gasteiger partial charge in [0.25, 0.3) is 0 Å². The summed E-state index contributed by atoms with van der Waals surface area (Å²) in [6.07, 6.45) is 6.54. The molecule has 2 rings (SSSR count). The predicted molar refractivity (Wildman–Crippen MR) is 88.3 cm³/mol. The summed E-state index contributed by atoms with van der Waals surface area (Å²) < 4.78 is 23.4. The molecular weight excluding hydrogens is 284 g/mol. The SMILES string of the molecule is CCCC1CCC(NC)C(CN2CCS(=O)(=O)CC2C)C1. The second kappa shape index (κ2) is 7.42. The Morgan fingerprint density at radius 1 is 1.29 bits per heavy atom. The Bertz CT molecular complexity index is 424. The zero-order valence-corrected chi connectivity index (χ0v) is 14.7. The van der Waals surface area contributed by atoms with Crippen molar-refractivity contribution in [1.29, 1.82) is 0 Å². The maximum absolute atomic E-state index is 11.7. The Kier molecular flexibility index (Phi) is 6.09. The van der Waals surface area contributed by atoms with Gasteiger partial charge in [0.2, 0.25) is 0 Å². The third-order valence-corrected chi connectivity index (χ3v) is 7.23. The van der Waals surface area contributed by atoms with Crippen LogP contribution >= 0.6 is 0 Å². The normalized spacial score (nSPS) is 37.5. The van der Waals surface area contributed by atoms with Crippen molar-refractivity contribution in [2.45, 2.75) is 58.0 Å². The summed E-state index contributed by atoms with van der Waals surface area (Å²) in [5.74, 6) is 2.21. The van der Waals surface area contributed by atoms with Crippen molar-refractivity contribution < 1.29 is 8.42 Å². The van der Waals surface area contributed by atoms with Crippen LogP contribution < -0.4 is 5.32 Å². The fourth-order valence-electron chi connectivity index (χ4n) is 4.22.